The molecule has 32 heavy (non-hydrogen) atoms. The topological polar surface area (TPSA) is 94.8 Å². The van der Waals surface area contributed by atoms with Crippen LogP contribution in [0.2, 0.25) is 5.02 Å². The normalized spacial score (nSPS) is 11.7. The molecule has 0 fully saturated rings. The average molecular weight is 458 g/mol. The highest BCUT2D eigenvalue weighted by molar-refractivity contribution is 6.33. The summed E-state index contributed by atoms with van der Waals surface area (Å²) in [5.74, 6) is -0.653. The van der Waals surface area contributed by atoms with Gasteiger partial charge in [0.25, 0.3) is 0 Å². The van der Waals surface area contributed by atoms with Crippen LogP contribution in [0, 0.1) is 0 Å². The molecule has 1 aromatic heterocycles. The quantitative estimate of drug-likeness (QED) is 0.290. The Hall–Kier alpha value is -3.32. The van der Waals surface area contributed by atoms with E-state index >= 15 is 0 Å². The maximum Gasteiger partial charge on any atom is 0.408 e. The Morgan fingerprint density at radius 3 is 2.56 bits per heavy atom. The van der Waals surface area contributed by atoms with Crippen molar-refractivity contribution in [3.05, 3.63) is 75.1 Å². The van der Waals surface area contributed by atoms with E-state index in [4.69, 9.17) is 25.5 Å². The zero-order valence-corrected chi connectivity index (χ0v) is 18.6. The number of nitrogens with one attached hydrogen (secondary N) is 1. The molecule has 3 rings (SSSR count). The Bertz CT molecular complexity index is 1160. The first-order chi connectivity index (χ1) is 15.4. The van der Waals surface area contributed by atoms with Gasteiger partial charge in [-0.1, -0.05) is 62.2 Å². The molecule has 1 atom stereocenters. The number of benzene rings is 2. The van der Waals surface area contributed by atoms with Crippen LogP contribution in [0.25, 0.3) is 11.0 Å². The molecule has 8 heteroatoms. The van der Waals surface area contributed by atoms with Crippen LogP contribution in [0.4, 0.5) is 4.79 Å². The van der Waals surface area contributed by atoms with Crippen molar-refractivity contribution in [1.82, 2.24) is 5.32 Å². The summed E-state index contributed by atoms with van der Waals surface area (Å²) in [7, 11) is 0. The van der Waals surface area contributed by atoms with Crippen molar-refractivity contribution in [3.8, 4) is 5.75 Å². The van der Waals surface area contributed by atoms with E-state index in [2.05, 4.69) is 5.32 Å². The molecule has 0 aliphatic carbocycles. The first-order valence-corrected chi connectivity index (χ1v) is 10.7. The molecule has 1 N–H and O–H groups in total. The zero-order valence-electron chi connectivity index (χ0n) is 17.9. The lowest BCUT2D eigenvalue weighted by atomic mass is 10.1. The van der Waals surface area contributed by atoms with E-state index in [1.54, 1.807) is 6.07 Å². The van der Waals surface area contributed by atoms with Crippen LogP contribution in [0.5, 0.6) is 5.75 Å². The van der Waals surface area contributed by atoms with Gasteiger partial charge in [-0.05, 0) is 30.0 Å². The number of hydrogen-bond donors (Lipinski definition) is 1. The van der Waals surface area contributed by atoms with Crippen LogP contribution in [-0.2, 0) is 22.6 Å². The number of hydrogen-bond acceptors (Lipinski definition) is 6. The van der Waals surface area contributed by atoms with E-state index in [-0.39, 0.29) is 23.0 Å². The first kappa shape index (κ1) is 23.3. The summed E-state index contributed by atoms with van der Waals surface area (Å²) in [5.41, 5.74) is 1.38. The Balaban J connectivity index is 1.72. The third-order valence-corrected chi connectivity index (χ3v) is 5.14. The highest BCUT2D eigenvalue weighted by atomic mass is 35.5. The number of carbonyl (C=O) groups excluding carboxylic acids is 2. The summed E-state index contributed by atoms with van der Waals surface area (Å²) in [5, 5.41) is 3.40. The highest BCUT2D eigenvalue weighted by Gasteiger charge is 2.24. The molecular weight excluding hydrogens is 434 g/mol. The van der Waals surface area contributed by atoms with Crippen molar-refractivity contribution in [2.45, 2.75) is 45.8 Å². The largest absolute Gasteiger partial charge is 0.445 e. The molecule has 0 radical (unpaired) electrons. The number of amides is 1. The van der Waals surface area contributed by atoms with Gasteiger partial charge in [-0.2, -0.15) is 0 Å². The van der Waals surface area contributed by atoms with Crippen molar-refractivity contribution in [2.24, 2.45) is 0 Å². The number of ether oxygens (including phenoxy) is 2. The van der Waals surface area contributed by atoms with Crippen molar-refractivity contribution in [3.63, 3.8) is 0 Å². The van der Waals surface area contributed by atoms with E-state index in [1.807, 2.05) is 44.2 Å². The fraction of sp³-hybridized carbons (Fsp3) is 0.292. The lowest BCUT2D eigenvalue weighted by Gasteiger charge is -2.17. The van der Waals surface area contributed by atoms with Crippen molar-refractivity contribution in [2.75, 3.05) is 0 Å². The van der Waals surface area contributed by atoms with Gasteiger partial charge in [0, 0.05) is 17.5 Å². The molecule has 0 spiro atoms. The number of carbonyl (C=O) groups is 2. The third kappa shape index (κ3) is 5.88. The van der Waals surface area contributed by atoms with Gasteiger partial charge in [0.2, 0.25) is 0 Å². The summed E-state index contributed by atoms with van der Waals surface area (Å²) < 4.78 is 15.9. The number of aryl methyl sites for hydroxylation is 1. The Morgan fingerprint density at radius 2 is 1.88 bits per heavy atom. The second-order valence-corrected chi connectivity index (χ2v) is 7.60. The molecule has 3 aromatic rings. The van der Waals surface area contributed by atoms with Gasteiger partial charge in [-0.15, -0.1) is 0 Å². The van der Waals surface area contributed by atoms with Gasteiger partial charge in [0.1, 0.15) is 18.2 Å². The predicted molar refractivity (Wildman–Crippen MR) is 121 cm³/mol. The van der Waals surface area contributed by atoms with Crippen LogP contribution in [0.1, 0.15) is 37.8 Å². The van der Waals surface area contributed by atoms with Crippen LogP contribution in [-0.4, -0.2) is 18.1 Å². The van der Waals surface area contributed by atoms with E-state index in [1.165, 1.54) is 12.1 Å². The van der Waals surface area contributed by atoms with E-state index in [0.29, 0.717) is 24.6 Å². The highest BCUT2D eigenvalue weighted by Crippen LogP contribution is 2.31. The average Bonchev–Trinajstić information content (AvgIpc) is 2.78. The van der Waals surface area contributed by atoms with Crippen LogP contribution < -0.4 is 15.7 Å². The fourth-order valence-electron chi connectivity index (χ4n) is 3.22. The Morgan fingerprint density at radius 1 is 1.12 bits per heavy atom. The maximum atomic E-state index is 12.7. The molecule has 168 valence electrons. The van der Waals surface area contributed by atoms with Gasteiger partial charge < -0.3 is 19.2 Å². The third-order valence-electron chi connectivity index (χ3n) is 4.84. The molecule has 7 nitrogen and oxygen atoms in total. The van der Waals surface area contributed by atoms with Gasteiger partial charge in [0.05, 0.1) is 5.02 Å². The SMILES string of the molecule is CCCC(NC(=O)OCc1ccccc1)C(=O)Oc1cc2oc(=O)cc(CC)c2cc1Cl. The molecule has 0 saturated heterocycles. The number of fused-ring (bicyclic) bond motifs is 1. The number of halogens is 1. The van der Waals surface area contributed by atoms with E-state index in [9.17, 15) is 14.4 Å². The fourth-order valence-corrected chi connectivity index (χ4v) is 3.43. The molecule has 1 unspecified atom stereocenters. The molecule has 0 saturated carbocycles. The molecule has 2 aromatic carbocycles. The number of alkyl carbamates (subject to hydrolysis) is 1. The van der Waals surface area contributed by atoms with Crippen LogP contribution >= 0.6 is 11.6 Å². The van der Waals surface area contributed by atoms with Crippen molar-refractivity contribution in [1.29, 1.82) is 0 Å². The molecular formula is C24H24ClNO6. The summed E-state index contributed by atoms with van der Waals surface area (Å²) in [6.45, 7) is 3.87. The minimum absolute atomic E-state index is 0.0427. The van der Waals surface area contributed by atoms with Gasteiger partial charge in [0.15, 0.2) is 5.75 Å². The summed E-state index contributed by atoms with van der Waals surface area (Å²) >= 11 is 6.31. The van der Waals surface area contributed by atoms with Crippen LogP contribution in [0.15, 0.2) is 57.7 Å². The monoisotopic (exact) mass is 457 g/mol. The molecule has 0 aliphatic rings. The van der Waals surface area contributed by atoms with E-state index < -0.39 is 23.7 Å². The van der Waals surface area contributed by atoms with E-state index in [0.717, 1.165) is 11.1 Å². The first-order valence-electron chi connectivity index (χ1n) is 10.4. The standard InChI is InChI=1S/C24H24ClNO6/c1-3-8-19(26-24(29)30-14-15-9-6-5-7-10-15)23(28)32-21-13-20-17(12-18(21)25)16(4-2)11-22(27)31-20/h5-7,9-13,19H,3-4,8,14H2,1-2H3,(H,26,29). The smallest absolute Gasteiger partial charge is 0.408 e. The van der Waals surface area contributed by atoms with Gasteiger partial charge >= 0.3 is 17.7 Å². The Labute approximate surface area is 190 Å². The lowest BCUT2D eigenvalue weighted by Crippen LogP contribution is -2.43. The van der Waals surface area contributed by atoms with Crippen molar-refractivity contribution < 1.29 is 23.5 Å². The number of esters is 1. The molecule has 0 aliphatic heterocycles. The van der Waals surface area contributed by atoms with Crippen molar-refractivity contribution >= 4 is 34.6 Å². The van der Waals surface area contributed by atoms with Gasteiger partial charge in [-0.25, -0.2) is 14.4 Å². The summed E-state index contributed by atoms with van der Waals surface area (Å²) in [4.78, 5) is 36.7. The minimum Gasteiger partial charge on any atom is -0.445 e. The van der Waals surface area contributed by atoms with Crippen LogP contribution in [0.3, 0.4) is 0 Å². The van der Waals surface area contributed by atoms with Gasteiger partial charge in [-0.3, -0.25) is 0 Å². The lowest BCUT2D eigenvalue weighted by molar-refractivity contribution is -0.136. The second-order valence-electron chi connectivity index (χ2n) is 7.19. The summed E-state index contributed by atoms with van der Waals surface area (Å²) in [6, 6.07) is 12.7. The zero-order chi connectivity index (χ0) is 23.1. The Kier molecular flexibility index (Phi) is 7.89. The molecule has 1 heterocycles. The molecule has 1 amide bonds. The number of rotatable bonds is 8. The minimum atomic E-state index is -0.927. The predicted octanol–water partition coefficient (Wildman–Crippen LogP) is 5.01. The maximum absolute atomic E-state index is 12.7. The summed E-state index contributed by atoms with van der Waals surface area (Å²) in [6.07, 6.45) is 0.858. The molecule has 0 bridgehead atoms. The second kappa shape index (κ2) is 10.8.